The summed E-state index contributed by atoms with van der Waals surface area (Å²) in [7, 11) is 1.53. The van der Waals surface area contributed by atoms with E-state index in [1.165, 1.54) is 19.2 Å². The van der Waals surface area contributed by atoms with E-state index in [0.29, 0.717) is 13.2 Å². The molecule has 0 aromatic heterocycles. The van der Waals surface area contributed by atoms with Crippen molar-refractivity contribution in [3.05, 3.63) is 47.4 Å². The quantitative estimate of drug-likeness (QED) is 0.696. The molecule has 27 heavy (non-hydrogen) atoms. The van der Waals surface area contributed by atoms with Gasteiger partial charge < -0.3 is 21.2 Å². The monoisotopic (exact) mass is 374 g/mol. The highest BCUT2D eigenvalue weighted by Gasteiger charge is 2.69. The normalized spacial score (nSPS) is 33.0. The van der Waals surface area contributed by atoms with E-state index in [1.807, 2.05) is 6.92 Å². The van der Waals surface area contributed by atoms with Gasteiger partial charge in [0, 0.05) is 13.0 Å². The minimum Gasteiger partial charge on any atom is -0.381 e. The molecule has 0 radical (unpaired) electrons. The number of nitrogens with one attached hydrogen (secondary N) is 2. The van der Waals surface area contributed by atoms with Crippen molar-refractivity contribution < 1.29 is 18.7 Å². The van der Waals surface area contributed by atoms with Gasteiger partial charge in [0.15, 0.2) is 0 Å². The van der Waals surface area contributed by atoms with Crippen molar-refractivity contribution in [1.29, 1.82) is 0 Å². The Hall–Kier alpha value is -2.45. The second kappa shape index (κ2) is 6.31. The number of carbonyl (C=O) groups excluding carboxylic acids is 2. The van der Waals surface area contributed by atoms with E-state index in [-0.39, 0.29) is 41.2 Å². The topological polar surface area (TPSA) is 96.7 Å². The Morgan fingerprint density at radius 3 is 2.52 bits per heavy atom. The van der Waals surface area contributed by atoms with Crippen LogP contribution >= 0.6 is 0 Å². The molecule has 4 N–H and O–H groups in total. The molecule has 0 bridgehead atoms. The molecule has 1 aromatic carbocycles. The smallest absolute Gasteiger partial charge is 0.268 e. The lowest BCUT2D eigenvalue weighted by Crippen LogP contribution is -2.60. The Morgan fingerprint density at radius 1 is 1.33 bits per heavy atom. The number of primary amides is 1. The third kappa shape index (κ3) is 2.62. The first-order chi connectivity index (χ1) is 12.9. The van der Waals surface area contributed by atoms with Crippen LogP contribution in [0.3, 0.4) is 0 Å². The highest BCUT2D eigenvalue weighted by atomic mass is 19.1. The second-order valence-electron chi connectivity index (χ2n) is 7.43. The number of amides is 2. The van der Waals surface area contributed by atoms with Gasteiger partial charge in [-0.3, -0.25) is 9.59 Å². The lowest BCUT2D eigenvalue weighted by molar-refractivity contribution is -0.132. The molecular weight excluding hydrogens is 351 g/mol. The number of halogens is 1. The summed E-state index contributed by atoms with van der Waals surface area (Å²) in [6, 6.07) is 5.77. The van der Waals surface area contributed by atoms with Crippen molar-refractivity contribution in [3.63, 3.8) is 0 Å². The van der Waals surface area contributed by atoms with Gasteiger partial charge in [-0.05, 0) is 42.5 Å². The number of fused-ring (bicyclic) bond motifs is 1. The molecule has 8 heteroatoms. The predicted octanol–water partition coefficient (Wildman–Crippen LogP) is 0.453. The summed E-state index contributed by atoms with van der Waals surface area (Å²) >= 11 is 0. The van der Waals surface area contributed by atoms with E-state index in [1.54, 1.807) is 23.2 Å². The SMILES string of the molecule is CNC(=O)C1=CC(C(N)=O)(C2[C@H]3COC[C@@H]23)N([C@@H](C)c2ccc(F)cc2)N1. The van der Waals surface area contributed by atoms with Crippen LogP contribution in [0.2, 0.25) is 0 Å². The third-order valence-corrected chi connectivity index (χ3v) is 6.07. The Bertz CT molecular complexity index is 802. The fraction of sp³-hybridized carbons (Fsp3) is 0.474. The number of rotatable bonds is 5. The first-order valence-electron chi connectivity index (χ1n) is 9.04. The summed E-state index contributed by atoms with van der Waals surface area (Å²) in [5, 5.41) is 4.32. The Balaban J connectivity index is 1.75. The van der Waals surface area contributed by atoms with Crippen molar-refractivity contribution in [2.45, 2.75) is 18.5 Å². The average molecular weight is 374 g/mol. The van der Waals surface area contributed by atoms with Crippen LogP contribution in [-0.2, 0) is 14.3 Å². The molecule has 5 atom stereocenters. The molecule has 2 heterocycles. The molecule has 2 aliphatic heterocycles. The maximum atomic E-state index is 13.3. The van der Waals surface area contributed by atoms with Crippen LogP contribution in [0.4, 0.5) is 4.39 Å². The zero-order valence-corrected chi connectivity index (χ0v) is 15.2. The van der Waals surface area contributed by atoms with E-state index >= 15 is 0 Å². The second-order valence-corrected chi connectivity index (χ2v) is 7.43. The van der Waals surface area contributed by atoms with Crippen molar-refractivity contribution in [3.8, 4) is 0 Å². The number of ether oxygens (including phenoxy) is 1. The molecule has 2 fully saturated rings. The molecule has 2 amide bonds. The minimum absolute atomic E-state index is 0.0266. The molecule has 1 saturated heterocycles. The van der Waals surface area contributed by atoms with Crippen LogP contribution in [0.15, 0.2) is 36.0 Å². The molecule has 7 nitrogen and oxygen atoms in total. The number of nitrogens with two attached hydrogens (primary N) is 1. The number of hydrogen-bond acceptors (Lipinski definition) is 5. The zero-order chi connectivity index (χ0) is 19.3. The number of nitrogens with zero attached hydrogens (tertiary/aromatic N) is 1. The molecule has 2 unspecified atom stereocenters. The molecular formula is C19H23FN4O3. The van der Waals surface area contributed by atoms with E-state index < -0.39 is 11.4 Å². The summed E-state index contributed by atoms with van der Waals surface area (Å²) in [4.78, 5) is 25.0. The van der Waals surface area contributed by atoms with Crippen molar-refractivity contribution >= 4 is 11.8 Å². The van der Waals surface area contributed by atoms with Crippen LogP contribution in [-0.4, -0.2) is 42.6 Å². The summed E-state index contributed by atoms with van der Waals surface area (Å²) in [6.45, 7) is 3.08. The highest BCUT2D eigenvalue weighted by molar-refractivity contribution is 5.97. The number of hydrazine groups is 1. The highest BCUT2D eigenvalue weighted by Crippen LogP contribution is 2.60. The van der Waals surface area contributed by atoms with Crippen molar-refractivity contribution in [2.24, 2.45) is 23.5 Å². The summed E-state index contributed by atoms with van der Waals surface area (Å²) < 4.78 is 18.8. The third-order valence-electron chi connectivity index (χ3n) is 6.07. The predicted molar refractivity (Wildman–Crippen MR) is 95.2 cm³/mol. The van der Waals surface area contributed by atoms with E-state index in [0.717, 1.165) is 5.56 Å². The molecule has 4 rings (SSSR count). The Kier molecular flexibility index (Phi) is 4.20. The molecule has 3 aliphatic rings. The van der Waals surface area contributed by atoms with Gasteiger partial charge in [0.05, 0.1) is 19.3 Å². The van der Waals surface area contributed by atoms with Crippen LogP contribution in [0.5, 0.6) is 0 Å². The number of benzene rings is 1. The molecule has 1 aromatic rings. The summed E-state index contributed by atoms with van der Waals surface area (Å²) in [5.74, 6) is -0.718. The largest absolute Gasteiger partial charge is 0.381 e. The first-order valence-corrected chi connectivity index (χ1v) is 9.04. The lowest BCUT2D eigenvalue weighted by Gasteiger charge is -2.40. The minimum atomic E-state index is -1.14. The van der Waals surface area contributed by atoms with Crippen LogP contribution in [0, 0.1) is 23.6 Å². The fourth-order valence-corrected chi connectivity index (χ4v) is 4.61. The fourth-order valence-electron chi connectivity index (χ4n) is 4.61. The van der Waals surface area contributed by atoms with Crippen molar-refractivity contribution in [2.75, 3.05) is 20.3 Å². The van der Waals surface area contributed by atoms with E-state index in [2.05, 4.69) is 10.7 Å². The van der Waals surface area contributed by atoms with Crippen LogP contribution in [0.25, 0.3) is 0 Å². The Labute approximate surface area is 156 Å². The van der Waals surface area contributed by atoms with Crippen LogP contribution < -0.4 is 16.5 Å². The molecule has 144 valence electrons. The Morgan fingerprint density at radius 2 is 1.96 bits per heavy atom. The first kappa shape index (κ1) is 17.9. The van der Waals surface area contributed by atoms with Gasteiger partial charge in [-0.1, -0.05) is 12.1 Å². The standard InChI is InChI=1S/C19H23FN4O3/c1-10(11-3-5-12(20)6-4-11)24-19(18(21)26,7-15(23-24)17(25)22-2)16-13-8-27-9-14(13)16/h3-7,10,13-14,16,23H,8-9H2,1-2H3,(H2,21,26)(H,22,25)/t10-,13-,14+,16?,19?/m0/s1. The summed E-state index contributed by atoms with van der Waals surface area (Å²) in [5.41, 5.74) is 8.95. The van der Waals surface area contributed by atoms with Gasteiger partial charge >= 0.3 is 0 Å². The lowest BCUT2D eigenvalue weighted by atomic mass is 9.87. The number of likely N-dealkylation sites (N-methyl/N-ethyl adjacent to an activating group) is 1. The zero-order valence-electron chi connectivity index (χ0n) is 15.2. The van der Waals surface area contributed by atoms with Crippen molar-refractivity contribution in [1.82, 2.24) is 15.8 Å². The van der Waals surface area contributed by atoms with E-state index in [9.17, 15) is 14.0 Å². The van der Waals surface area contributed by atoms with Crippen LogP contribution in [0.1, 0.15) is 18.5 Å². The average Bonchev–Trinajstić information content (AvgIpc) is 3.02. The van der Waals surface area contributed by atoms with Gasteiger partial charge in [-0.25, -0.2) is 4.39 Å². The maximum absolute atomic E-state index is 13.3. The van der Waals surface area contributed by atoms with Gasteiger partial charge in [0.2, 0.25) is 5.91 Å². The van der Waals surface area contributed by atoms with Gasteiger partial charge in [0.1, 0.15) is 17.1 Å². The van der Waals surface area contributed by atoms with Gasteiger partial charge in [-0.15, -0.1) is 0 Å². The van der Waals surface area contributed by atoms with Gasteiger partial charge in [-0.2, -0.15) is 5.01 Å². The molecule has 0 spiro atoms. The maximum Gasteiger partial charge on any atom is 0.268 e. The summed E-state index contributed by atoms with van der Waals surface area (Å²) in [6.07, 6.45) is 1.65. The molecule has 1 saturated carbocycles. The molecule has 1 aliphatic carbocycles. The van der Waals surface area contributed by atoms with E-state index in [4.69, 9.17) is 10.5 Å². The number of hydrogen-bond donors (Lipinski definition) is 3. The van der Waals surface area contributed by atoms with Gasteiger partial charge in [0.25, 0.3) is 5.91 Å². The number of carbonyl (C=O) groups is 2.